The lowest BCUT2D eigenvalue weighted by atomic mass is 10.0. The van der Waals surface area contributed by atoms with Gasteiger partial charge >= 0.3 is 0 Å². The van der Waals surface area contributed by atoms with E-state index >= 15 is 0 Å². The second-order valence-electron chi connectivity index (χ2n) is 4.45. The molecule has 2 aromatic rings. The summed E-state index contributed by atoms with van der Waals surface area (Å²) in [5.74, 6) is 1.04. The lowest BCUT2D eigenvalue weighted by molar-refractivity contribution is 0.542. The first kappa shape index (κ1) is 10.5. The lowest BCUT2D eigenvalue weighted by Gasteiger charge is -2.22. The van der Waals surface area contributed by atoms with Crippen LogP contribution in [0, 0.1) is 6.92 Å². The molecule has 0 bridgehead atoms. The normalized spacial score (nSPS) is 19.3. The summed E-state index contributed by atoms with van der Waals surface area (Å²) in [5, 5.41) is 3.49. The molecule has 0 spiro atoms. The van der Waals surface area contributed by atoms with Crippen molar-refractivity contribution in [1.29, 1.82) is 0 Å². The van der Waals surface area contributed by atoms with Crippen molar-refractivity contribution in [3.05, 3.63) is 34.9 Å². The smallest absolute Gasteiger partial charge is 0.106 e. The van der Waals surface area contributed by atoms with Gasteiger partial charge in [-0.3, -0.25) is 0 Å². The van der Waals surface area contributed by atoms with E-state index in [0.29, 0.717) is 0 Å². The Morgan fingerprint density at radius 2 is 2.29 bits per heavy atom. The van der Waals surface area contributed by atoms with Gasteiger partial charge in [0.25, 0.3) is 0 Å². The largest absolute Gasteiger partial charge is 0.348 e. The highest BCUT2D eigenvalue weighted by atomic mass is 15.1. The minimum atomic E-state index is 0.126. The van der Waals surface area contributed by atoms with E-state index in [2.05, 4.69) is 39.1 Å². The fourth-order valence-electron chi connectivity index (χ4n) is 2.43. The van der Waals surface area contributed by atoms with E-state index in [1.165, 1.54) is 5.69 Å². The predicted octanol–water partition coefficient (Wildman–Crippen LogP) is 1.24. The molecule has 0 amide bonds. The maximum Gasteiger partial charge on any atom is 0.106 e. The molecule has 0 fully saturated rings. The number of aromatic nitrogens is 4. The Bertz CT molecular complexity index is 525. The van der Waals surface area contributed by atoms with Gasteiger partial charge in [0.2, 0.25) is 0 Å². The van der Waals surface area contributed by atoms with Crippen molar-refractivity contribution in [3.8, 4) is 0 Å². The number of aryl methyl sites for hydroxylation is 2. The Morgan fingerprint density at radius 1 is 1.41 bits per heavy atom. The zero-order valence-electron chi connectivity index (χ0n) is 10.2. The number of hydrogen-bond donors (Lipinski definition) is 3. The summed E-state index contributed by atoms with van der Waals surface area (Å²) in [4.78, 5) is 15.6. The van der Waals surface area contributed by atoms with E-state index in [1.54, 1.807) is 6.33 Å². The third kappa shape index (κ3) is 1.67. The van der Waals surface area contributed by atoms with Crippen LogP contribution in [-0.4, -0.2) is 26.5 Å². The topological polar surface area (TPSA) is 69.4 Å². The molecule has 0 aliphatic carbocycles. The van der Waals surface area contributed by atoms with E-state index in [9.17, 15) is 0 Å². The molecule has 0 aromatic carbocycles. The maximum absolute atomic E-state index is 4.66. The molecule has 1 atom stereocenters. The Labute approximate surface area is 100 Å². The van der Waals surface area contributed by atoms with Gasteiger partial charge in [-0.15, -0.1) is 0 Å². The SMILES string of the molecule is CCc1nc(C2NCCc3[nH]cnc32)c(C)[nH]1. The van der Waals surface area contributed by atoms with Crippen molar-refractivity contribution in [1.82, 2.24) is 25.3 Å². The molecule has 2 aromatic heterocycles. The van der Waals surface area contributed by atoms with E-state index in [0.717, 1.165) is 42.3 Å². The van der Waals surface area contributed by atoms with E-state index in [1.807, 2.05) is 0 Å². The molecule has 5 nitrogen and oxygen atoms in total. The minimum Gasteiger partial charge on any atom is -0.348 e. The molecule has 3 N–H and O–H groups in total. The molecule has 1 aliphatic rings. The van der Waals surface area contributed by atoms with Crippen LogP contribution in [-0.2, 0) is 12.8 Å². The monoisotopic (exact) mass is 231 g/mol. The predicted molar refractivity (Wildman–Crippen MR) is 64.8 cm³/mol. The number of rotatable bonds is 2. The Morgan fingerprint density at radius 3 is 3.06 bits per heavy atom. The van der Waals surface area contributed by atoms with Gasteiger partial charge < -0.3 is 15.3 Å². The minimum absolute atomic E-state index is 0.126. The molecular formula is C12H17N5. The van der Waals surface area contributed by atoms with Crippen LogP contribution in [0.2, 0.25) is 0 Å². The van der Waals surface area contributed by atoms with Crippen molar-refractivity contribution in [2.45, 2.75) is 32.7 Å². The first-order chi connectivity index (χ1) is 8.29. The molecule has 0 saturated heterocycles. The zero-order valence-corrected chi connectivity index (χ0v) is 10.2. The average molecular weight is 231 g/mol. The fraction of sp³-hybridized carbons (Fsp3) is 0.500. The van der Waals surface area contributed by atoms with Crippen LogP contribution < -0.4 is 5.32 Å². The number of aromatic amines is 2. The van der Waals surface area contributed by atoms with Gasteiger partial charge in [0, 0.05) is 30.8 Å². The highest BCUT2D eigenvalue weighted by Gasteiger charge is 2.27. The summed E-state index contributed by atoms with van der Waals surface area (Å²) in [7, 11) is 0. The van der Waals surface area contributed by atoms with Crippen LogP contribution in [0.4, 0.5) is 0 Å². The van der Waals surface area contributed by atoms with Crippen LogP contribution in [0.1, 0.15) is 41.6 Å². The molecule has 3 rings (SSSR count). The lowest BCUT2D eigenvalue weighted by Crippen LogP contribution is -2.31. The number of nitrogens with one attached hydrogen (secondary N) is 3. The van der Waals surface area contributed by atoms with Crippen LogP contribution in [0.5, 0.6) is 0 Å². The summed E-state index contributed by atoms with van der Waals surface area (Å²) in [6.07, 6.45) is 3.71. The van der Waals surface area contributed by atoms with E-state index in [4.69, 9.17) is 0 Å². The van der Waals surface area contributed by atoms with Gasteiger partial charge in [-0.25, -0.2) is 9.97 Å². The van der Waals surface area contributed by atoms with Gasteiger partial charge in [0.15, 0.2) is 0 Å². The molecule has 90 valence electrons. The first-order valence-electron chi connectivity index (χ1n) is 6.10. The summed E-state index contributed by atoms with van der Waals surface area (Å²) < 4.78 is 0. The van der Waals surface area contributed by atoms with E-state index in [-0.39, 0.29) is 6.04 Å². The van der Waals surface area contributed by atoms with E-state index < -0.39 is 0 Å². The van der Waals surface area contributed by atoms with Crippen LogP contribution >= 0.6 is 0 Å². The number of imidazole rings is 2. The van der Waals surface area contributed by atoms with Crippen molar-refractivity contribution in [2.75, 3.05) is 6.54 Å². The first-order valence-corrected chi connectivity index (χ1v) is 6.10. The molecule has 17 heavy (non-hydrogen) atoms. The fourth-order valence-corrected chi connectivity index (χ4v) is 2.43. The third-order valence-electron chi connectivity index (χ3n) is 3.33. The number of nitrogens with zero attached hydrogens (tertiary/aromatic N) is 2. The Balaban J connectivity index is 2.03. The second-order valence-corrected chi connectivity index (χ2v) is 4.45. The van der Waals surface area contributed by atoms with Gasteiger partial charge in [-0.1, -0.05) is 6.92 Å². The summed E-state index contributed by atoms with van der Waals surface area (Å²) >= 11 is 0. The number of fused-ring (bicyclic) bond motifs is 1. The molecule has 1 aliphatic heterocycles. The average Bonchev–Trinajstić information content (AvgIpc) is 2.94. The van der Waals surface area contributed by atoms with Crippen molar-refractivity contribution in [2.24, 2.45) is 0 Å². The van der Waals surface area contributed by atoms with Gasteiger partial charge in [-0.05, 0) is 6.92 Å². The Hall–Kier alpha value is -1.62. The van der Waals surface area contributed by atoms with Gasteiger partial charge in [-0.2, -0.15) is 0 Å². The van der Waals surface area contributed by atoms with Crippen molar-refractivity contribution >= 4 is 0 Å². The third-order valence-corrected chi connectivity index (χ3v) is 3.33. The quantitative estimate of drug-likeness (QED) is 0.728. The van der Waals surface area contributed by atoms with Crippen LogP contribution in [0.3, 0.4) is 0 Å². The molecule has 0 saturated carbocycles. The molecule has 3 heterocycles. The summed E-state index contributed by atoms with van der Waals surface area (Å²) in [6, 6.07) is 0.126. The van der Waals surface area contributed by atoms with Crippen molar-refractivity contribution in [3.63, 3.8) is 0 Å². The van der Waals surface area contributed by atoms with Crippen LogP contribution in [0.25, 0.3) is 0 Å². The second kappa shape index (κ2) is 4.00. The Kier molecular flexibility index (Phi) is 2.48. The summed E-state index contributed by atoms with van der Waals surface area (Å²) in [5.41, 5.74) is 4.54. The molecule has 0 radical (unpaired) electrons. The van der Waals surface area contributed by atoms with Gasteiger partial charge in [0.1, 0.15) is 5.82 Å². The molecule has 1 unspecified atom stereocenters. The molecular weight excluding hydrogens is 214 g/mol. The summed E-state index contributed by atoms with van der Waals surface area (Å²) in [6.45, 7) is 5.15. The maximum atomic E-state index is 4.66. The van der Waals surface area contributed by atoms with Crippen LogP contribution in [0.15, 0.2) is 6.33 Å². The highest BCUT2D eigenvalue weighted by molar-refractivity contribution is 5.31. The number of H-pyrrole nitrogens is 2. The van der Waals surface area contributed by atoms with Gasteiger partial charge in [0.05, 0.1) is 23.8 Å². The standard InChI is InChI=1S/C12H17N5/c1-3-9-16-7(2)10(17-9)12-11-8(4-5-13-12)14-6-15-11/h6,12-13H,3-5H2,1-2H3,(H,14,15)(H,16,17). The number of hydrogen-bond acceptors (Lipinski definition) is 3. The zero-order chi connectivity index (χ0) is 11.8. The molecule has 5 heteroatoms. The van der Waals surface area contributed by atoms with Crippen molar-refractivity contribution < 1.29 is 0 Å². The highest BCUT2D eigenvalue weighted by Crippen LogP contribution is 2.26.